The number of nitrogens with zero attached hydrogens (tertiary/aromatic N) is 1. The number of benzene rings is 2. The molecule has 0 saturated carbocycles. The van der Waals surface area contributed by atoms with Crippen LogP contribution in [0, 0.1) is 0 Å². The van der Waals surface area contributed by atoms with Gasteiger partial charge in [-0.2, -0.15) is 0 Å². The van der Waals surface area contributed by atoms with Gasteiger partial charge < -0.3 is 14.4 Å². The van der Waals surface area contributed by atoms with Crippen molar-refractivity contribution in [2.45, 2.75) is 12.5 Å². The third-order valence-electron chi connectivity index (χ3n) is 4.47. The van der Waals surface area contributed by atoms with Crippen LogP contribution in [0.1, 0.15) is 23.7 Å². The highest BCUT2D eigenvalue weighted by Crippen LogP contribution is 2.47. The smallest absolute Gasteiger partial charge is 0.168 e. The molecule has 0 fully saturated rings. The van der Waals surface area contributed by atoms with E-state index in [0.29, 0.717) is 6.61 Å². The second-order valence-corrected chi connectivity index (χ2v) is 6.30. The lowest BCUT2D eigenvalue weighted by atomic mass is 9.95. The minimum absolute atomic E-state index is 0.122. The molecule has 0 N–H and O–H groups in total. The Balaban J connectivity index is 1.78. The number of ether oxygens (including phenoxy) is 2. The predicted molar refractivity (Wildman–Crippen MR) is 96.6 cm³/mol. The van der Waals surface area contributed by atoms with Gasteiger partial charge in [0.2, 0.25) is 0 Å². The quantitative estimate of drug-likeness (QED) is 0.829. The first-order valence-corrected chi connectivity index (χ1v) is 8.31. The highest BCUT2D eigenvalue weighted by molar-refractivity contribution is 5.77. The molecule has 2 aromatic rings. The minimum Gasteiger partial charge on any atom is -0.489 e. The van der Waals surface area contributed by atoms with Gasteiger partial charge in [0.15, 0.2) is 17.6 Å². The van der Waals surface area contributed by atoms with Gasteiger partial charge in [-0.25, -0.2) is 0 Å². The van der Waals surface area contributed by atoms with Crippen molar-refractivity contribution >= 4 is 11.3 Å². The summed E-state index contributed by atoms with van der Waals surface area (Å²) in [6.45, 7) is 0.713. The Morgan fingerprint density at radius 2 is 1.71 bits per heavy atom. The zero-order valence-electron chi connectivity index (χ0n) is 14.0. The first-order valence-electron chi connectivity index (χ1n) is 8.31. The Labute approximate surface area is 142 Å². The third-order valence-corrected chi connectivity index (χ3v) is 4.47. The van der Waals surface area contributed by atoms with E-state index in [4.69, 9.17) is 9.47 Å². The molecule has 2 aliphatic rings. The summed E-state index contributed by atoms with van der Waals surface area (Å²) in [6, 6.07) is 18.9. The molecule has 0 aliphatic carbocycles. The Bertz CT molecular complexity index is 788. The van der Waals surface area contributed by atoms with Crippen molar-refractivity contribution in [2.24, 2.45) is 0 Å². The van der Waals surface area contributed by atoms with Crippen molar-refractivity contribution in [1.82, 2.24) is 0 Å². The highest BCUT2D eigenvalue weighted by Gasteiger charge is 2.35. The molecule has 4 rings (SSSR count). The first kappa shape index (κ1) is 14.9. The summed E-state index contributed by atoms with van der Waals surface area (Å²) in [5.74, 6) is 1.77. The lowest BCUT2D eigenvalue weighted by molar-refractivity contribution is 0.144. The van der Waals surface area contributed by atoms with E-state index >= 15 is 0 Å². The maximum absolute atomic E-state index is 6.27. The molecule has 0 saturated heterocycles. The van der Waals surface area contributed by atoms with Crippen molar-refractivity contribution in [1.29, 1.82) is 0 Å². The van der Waals surface area contributed by atoms with Crippen molar-refractivity contribution in [2.75, 3.05) is 25.6 Å². The van der Waals surface area contributed by atoms with Gasteiger partial charge in [-0.1, -0.05) is 42.5 Å². The average molecular weight is 319 g/mol. The average Bonchev–Trinajstić information content (AvgIpc) is 3.02. The van der Waals surface area contributed by atoms with E-state index in [1.807, 2.05) is 20.2 Å². The summed E-state index contributed by atoms with van der Waals surface area (Å²) in [5.41, 5.74) is 4.60. The highest BCUT2D eigenvalue weighted by atomic mass is 16.5. The molecule has 0 aromatic heterocycles. The fraction of sp³-hybridized carbons (Fsp3) is 0.238. The van der Waals surface area contributed by atoms with E-state index in [-0.39, 0.29) is 6.10 Å². The number of anilines is 1. The lowest BCUT2D eigenvalue weighted by Crippen LogP contribution is -2.08. The Morgan fingerprint density at radius 3 is 2.42 bits per heavy atom. The summed E-state index contributed by atoms with van der Waals surface area (Å²) in [4.78, 5) is 2.10. The summed E-state index contributed by atoms with van der Waals surface area (Å²) >= 11 is 0. The van der Waals surface area contributed by atoms with E-state index in [1.54, 1.807) is 0 Å². The maximum Gasteiger partial charge on any atom is 0.168 e. The van der Waals surface area contributed by atoms with Gasteiger partial charge in [-0.3, -0.25) is 0 Å². The maximum atomic E-state index is 6.27. The molecule has 0 radical (unpaired) electrons. The van der Waals surface area contributed by atoms with E-state index < -0.39 is 0 Å². The van der Waals surface area contributed by atoms with Crippen LogP contribution in [0.2, 0.25) is 0 Å². The monoisotopic (exact) mass is 319 g/mol. The number of rotatable bonds is 3. The molecule has 3 heteroatoms. The first-order chi connectivity index (χ1) is 11.7. The molecule has 2 aromatic carbocycles. The molecule has 0 spiro atoms. The molecule has 122 valence electrons. The van der Waals surface area contributed by atoms with Crippen molar-refractivity contribution in [3.8, 4) is 0 Å². The van der Waals surface area contributed by atoms with Crippen molar-refractivity contribution in [3.05, 3.63) is 83.3 Å². The molecule has 1 atom stereocenters. The summed E-state index contributed by atoms with van der Waals surface area (Å²) in [5, 5.41) is 0. The fourth-order valence-corrected chi connectivity index (χ4v) is 3.21. The van der Waals surface area contributed by atoms with Gasteiger partial charge in [0.1, 0.15) is 0 Å². The fourth-order valence-electron chi connectivity index (χ4n) is 3.21. The molecule has 0 amide bonds. The second kappa shape index (κ2) is 6.08. The Hall–Kier alpha value is -2.68. The zero-order valence-corrected chi connectivity index (χ0v) is 14.0. The number of hydrogen-bond donors (Lipinski definition) is 0. The van der Waals surface area contributed by atoms with Crippen LogP contribution in [0.25, 0.3) is 5.57 Å². The van der Waals surface area contributed by atoms with Crippen LogP contribution in [0.4, 0.5) is 5.69 Å². The van der Waals surface area contributed by atoms with E-state index in [1.165, 1.54) is 5.69 Å². The van der Waals surface area contributed by atoms with Crippen LogP contribution in [-0.2, 0) is 9.47 Å². The SMILES string of the molecule is CN(C)c1ccc(C2OC3=CCCOC3=C2c2ccccc2)cc1. The molecule has 1 unspecified atom stereocenters. The van der Waals surface area contributed by atoms with Crippen LogP contribution in [-0.4, -0.2) is 20.7 Å². The van der Waals surface area contributed by atoms with Crippen molar-refractivity contribution < 1.29 is 9.47 Å². The van der Waals surface area contributed by atoms with Crippen LogP contribution in [0.5, 0.6) is 0 Å². The second-order valence-electron chi connectivity index (χ2n) is 6.30. The van der Waals surface area contributed by atoms with Crippen LogP contribution < -0.4 is 4.90 Å². The largest absolute Gasteiger partial charge is 0.489 e. The van der Waals surface area contributed by atoms with Gasteiger partial charge >= 0.3 is 0 Å². The molecule has 2 heterocycles. The van der Waals surface area contributed by atoms with Crippen molar-refractivity contribution in [3.63, 3.8) is 0 Å². The molecular weight excluding hydrogens is 298 g/mol. The Morgan fingerprint density at radius 1 is 0.958 bits per heavy atom. The van der Waals surface area contributed by atoms with Crippen LogP contribution in [0.3, 0.4) is 0 Å². The van der Waals surface area contributed by atoms with Gasteiger partial charge in [-0.15, -0.1) is 0 Å². The molecule has 24 heavy (non-hydrogen) atoms. The summed E-state index contributed by atoms with van der Waals surface area (Å²) in [6.07, 6.45) is 2.91. The predicted octanol–water partition coefficient (Wildman–Crippen LogP) is 4.54. The number of fused-ring (bicyclic) bond motifs is 1. The van der Waals surface area contributed by atoms with Gasteiger partial charge in [0, 0.05) is 26.2 Å². The lowest BCUT2D eigenvalue weighted by Gasteiger charge is -2.18. The molecular formula is C21H21NO2. The number of hydrogen-bond acceptors (Lipinski definition) is 3. The standard InChI is InChI=1S/C21H21NO2/c1-22(2)17-12-10-16(11-13-17)20-19(15-7-4-3-5-8-15)21-18(24-20)9-6-14-23-21/h3-5,7-13,20H,6,14H2,1-2H3. The normalized spacial score (nSPS) is 19.2. The third kappa shape index (κ3) is 2.56. The molecule has 3 nitrogen and oxygen atoms in total. The van der Waals surface area contributed by atoms with Gasteiger partial charge in [0.05, 0.1) is 12.2 Å². The van der Waals surface area contributed by atoms with Gasteiger partial charge in [-0.05, 0) is 29.3 Å². The Kier molecular flexibility index (Phi) is 3.77. The summed E-state index contributed by atoms with van der Waals surface area (Å²) < 4.78 is 12.2. The molecule has 2 aliphatic heterocycles. The van der Waals surface area contributed by atoms with Gasteiger partial charge in [0.25, 0.3) is 0 Å². The minimum atomic E-state index is -0.122. The summed E-state index contributed by atoms with van der Waals surface area (Å²) in [7, 11) is 4.09. The van der Waals surface area contributed by atoms with E-state index in [0.717, 1.165) is 34.6 Å². The molecule has 0 bridgehead atoms. The topological polar surface area (TPSA) is 21.7 Å². The zero-order chi connectivity index (χ0) is 16.5. The van der Waals surface area contributed by atoms with Crippen LogP contribution in [0.15, 0.2) is 72.2 Å². The van der Waals surface area contributed by atoms with E-state index in [2.05, 4.69) is 59.5 Å². The van der Waals surface area contributed by atoms with Crippen LogP contribution >= 0.6 is 0 Å². The van der Waals surface area contributed by atoms with E-state index in [9.17, 15) is 0 Å².